The van der Waals surface area contributed by atoms with Gasteiger partial charge in [0.2, 0.25) is 0 Å². The Hall–Kier alpha value is -2.48. The number of likely N-dealkylation sites (N-methyl/N-ethyl adjacent to an activating group) is 1. The lowest BCUT2D eigenvalue weighted by Crippen LogP contribution is -2.45. The SMILES string of the molecule is CCOc1cc2ncnc(Nc3ccc(F)c(Cl)c3)c2cc1CCN1CCN(C)CC1. The lowest BCUT2D eigenvalue weighted by molar-refractivity contribution is 0.155. The summed E-state index contributed by atoms with van der Waals surface area (Å²) in [6.07, 6.45) is 2.39. The van der Waals surface area contributed by atoms with Crippen molar-refractivity contribution in [2.24, 2.45) is 0 Å². The van der Waals surface area contributed by atoms with Gasteiger partial charge in [0.05, 0.1) is 17.1 Å². The molecule has 31 heavy (non-hydrogen) atoms. The highest BCUT2D eigenvalue weighted by atomic mass is 35.5. The number of hydrogen-bond donors (Lipinski definition) is 1. The van der Waals surface area contributed by atoms with Gasteiger partial charge in [0, 0.05) is 49.9 Å². The molecule has 1 fully saturated rings. The van der Waals surface area contributed by atoms with Gasteiger partial charge in [0.1, 0.15) is 23.7 Å². The van der Waals surface area contributed by atoms with E-state index in [2.05, 4.69) is 38.2 Å². The molecule has 1 N–H and O–H groups in total. The van der Waals surface area contributed by atoms with Gasteiger partial charge in [-0.1, -0.05) is 11.6 Å². The molecule has 0 radical (unpaired) electrons. The molecule has 0 spiro atoms. The highest BCUT2D eigenvalue weighted by molar-refractivity contribution is 6.31. The number of anilines is 2. The number of halogens is 2. The molecule has 0 bridgehead atoms. The maximum Gasteiger partial charge on any atom is 0.141 e. The number of fused-ring (bicyclic) bond motifs is 1. The molecule has 1 saturated heterocycles. The van der Waals surface area contributed by atoms with Crippen molar-refractivity contribution in [3.63, 3.8) is 0 Å². The van der Waals surface area contributed by atoms with E-state index >= 15 is 0 Å². The van der Waals surface area contributed by atoms with Crippen LogP contribution in [-0.2, 0) is 6.42 Å². The van der Waals surface area contributed by atoms with Gasteiger partial charge in [0.25, 0.3) is 0 Å². The smallest absolute Gasteiger partial charge is 0.141 e. The molecule has 8 heteroatoms. The molecular formula is C23H27ClFN5O. The average molecular weight is 444 g/mol. The lowest BCUT2D eigenvalue weighted by atomic mass is 10.1. The van der Waals surface area contributed by atoms with Crippen LogP contribution in [0.5, 0.6) is 5.75 Å². The molecule has 0 amide bonds. The Balaban J connectivity index is 1.62. The largest absolute Gasteiger partial charge is 0.494 e. The third kappa shape index (κ3) is 5.23. The number of benzene rings is 2. The van der Waals surface area contributed by atoms with Crippen molar-refractivity contribution in [2.75, 3.05) is 51.7 Å². The van der Waals surface area contributed by atoms with Crippen LogP contribution in [0.1, 0.15) is 12.5 Å². The molecule has 2 aromatic carbocycles. The fraction of sp³-hybridized carbons (Fsp3) is 0.391. The standard InChI is InChI=1S/C23H27ClFN5O/c1-3-31-22-14-21-18(12-16(22)6-7-30-10-8-29(2)9-11-30)23(27-15-26-21)28-17-4-5-20(25)19(24)13-17/h4-5,12-15H,3,6-11H2,1-2H3,(H,26,27,28). The normalized spacial score (nSPS) is 15.4. The van der Waals surface area contributed by atoms with E-state index in [0.29, 0.717) is 18.1 Å². The summed E-state index contributed by atoms with van der Waals surface area (Å²) in [5.74, 6) is 1.06. The maximum absolute atomic E-state index is 13.5. The molecular weight excluding hydrogens is 417 g/mol. The molecule has 164 valence electrons. The quantitative estimate of drug-likeness (QED) is 0.585. The zero-order chi connectivity index (χ0) is 21.8. The predicted molar refractivity (Wildman–Crippen MR) is 123 cm³/mol. The van der Waals surface area contributed by atoms with Crippen molar-refractivity contribution in [2.45, 2.75) is 13.3 Å². The summed E-state index contributed by atoms with van der Waals surface area (Å²) in [6, 6.07) is 8.60. The van der Waals surface area contributed by atoms with Crippen LogP contribution in [0.25, 0.3) is 10.9 Å². The number of hydrogen-bond acceptors (Lipinski definition) is 6. The Morgan fingerprint density at radius 2 is 1.94 bits per heavy atom. The molecule has 4 rings (SSSR count). The summed E-state index contributed by atoms with van der Waals surface area (Å²) < 4.78 is 19.4. The van der Waals surface area contributed by atoms with Crippen LogP contribution in [-0.4, -0.2) is 66.1 Å². The van der Waals surface area contributed by atoms with Crippen LogP contribution in [0.15, 0.2) is 36.7 Å². The molecule has 0 unspecified atom stereocenters. The van der Waals surface area contributed by atoms with Gasteiger partial charge < -0.3 is 19.9 Å². The predicted octanol–water partition coefficient (Wildman–Crippen LogP) is 4.35. The Kier molecular flexibility index (Phi) is 6.85. The van der Waals surface area contributed by atoms with E-state index in [1.165, 1.54) is 12.4 Å². The summed E-state index contributed by atoms with van der Waals surface area (Å²) in [7, 11) is 2.16. The van der Waals surface area contributed by atoms with E-state index in [9.17, 15) is 4.39 Å². The first-order chi connectivity index (χ1) is 15.0. The van der Waals surface area contributed by atoms with Crippen LogP contribution in [0.2, 0.25) is 5.02 Å². The van der Waals surface area contributed by atoms with Crippen LogP contribution in [0, 0.1) is 5.82 Å². The molecule has 1 aliphatic rings. The minimum Gasteiger partial charge on any atom is -0.494 e. The van der Waals surface area contributed by atoms with Crippen molar-refractivity contribution in [1.82, 2.24) is 19.8 Å². The first-order valence-electron chi connectivity index (χ1n) is 10.6. The monoisotopic (exact) mass is 443 g/mol. The van der Waals surface area contributed by atoms with E-state index < -0.39 is 5.82 Å². The van der Waals surface area contributed by atoms with Gasteiger partial charge in [-0.2, -0.15) is 0 Å². The Labute approximate surface area is 187 Å². The second-order valence-corrected chi connectivity index (χ2v) is 8.19. The zero-order valence-corrected chi connectivity index (χ0v) is 18.6. The summed E-state index contributed by atoms with van der Waals surface area (Å²) in [6.45, 7) is 7.90. The van der Waals surface area contributed by atoms with Crippen LogP contribution in [0.3, 0.4) is 0 Å². The third-order valence-electron chi connectivity index (χ3n) is 5.59. The summed E-state index contributed by atoms with van der Waals surface area (Å²) in [5.41, 5.74) is 2.58. The average Bonchev–Trinajstić information content (AvgIpc) is 2.76. The molecule has 1 aliphatic heterocycles. The molecule has 0 atom stereocenters. The minimum absolute atomic E-state index is 0.0647. The molecule has 1 aromatic heterocycles. The first-order valence-corrected chi connectivity index (χ1v) is 10.9. The third-order valence-corrected chi connectivity index (χ3v) is 5.88. The molecule has 6 nitrogen and oxygen atoms in total. The second kappa shape index (κ2) is 9.77. The molecule has 0 aliphatic carbocycles. The maximum atomic E-state index is 13.5. The topological polar surface area (TPSA) is 53.5 Å². The highest BCUT2D eigenvalue weighted by Crippen LogP contribution is 2.31. The number of piperazine rings is 1. The first kappa shape index (κ1) is 21.7. The Morgan fingerprint density at radius 3 is 2.68 bits per heavy atom. The fourth-order valence-corrected chi connectivity index (χ4v) is 3.95. The lowest BCUT2D eigenvalue weighted by Gasteiger charge is -2.32. The van der Waals surface area contributed by atoms with Crippen LogP contribution < -0.4 is 10.1 Å². The van der Waals surface area contributed by atoms with Crippen LogP contribution >= 0.6 is 11.6 Å². The van der Waals surface area contributed by atoms with E-state index in [4.69, 9.17) is 16.3 Å². The molecule has 2 heterocycles. The zero-order valence-electron chi connectivity index (χ0n) is 17.9. The Morgan fingerprint density at radius 1 is 1.13 bits per heavy atom. The van der Waals surface area contributed by atoms with Crippen molar-refractivity contribution in [3.8, 4) is 5.75 Å². The molecule has 3 aromatic rings. The molecule has 0 saturated carbocycles. The van der Waals surface area contributed by atoms with E-state index in [-0.39, 0.29) is 5.02 Å². The minimum atomic E-state index is -0.452. The van der Waals surface area contributed by atoms with Crippen molar-refractivity contribution in [1.29, 1.82) is 0 Å². The van der Waals surface area contributed by atoms with E-state index in [1.807, 2.05) is 13.0 Å². The van der Waals surface area contributed by atoms with E-state index in [1.54, 1.807) is 12.1 Å². The Bertz CT molecular complexity index is 1060. The van der Waals surface area contributed by atoms with Crippen molar-refractivity contribution in [3.05, 3.63) is 53.1 Å². The van der Waals surface area contributed by atoms with Gasteiger partial charge in [-0.05, 0) is 50.2 Å². The van der Waals surface area contributed by atoms with Crippen LogP contribution in [0.4, 0.5) is 15.9 Å². The van der Waals surface area contributed by atoms with Gasteiger partial charge in [-0.3, -0.25) is 0 Å². The number of aromatic nitrogens is 2. The number of ether oxygens (including phenoxy) is 1. The van der Waals surface area contributed by atoms with Crippen molar-refractivity contribution >= 4 is 34.0 Å². The van der Waals surface area contributed by atoms with Gasteiger partial charge in [0.15, 0.2) is 0 Å². The summed E-state index contributed by atoms with van der Waals surface area (Å²) in [4.78, 5) is 13.7. The number of nitrogens with one attached hydrogen (secondary N) is 1. The van der Waals surface area contributed by atoms with Gasteiger partial charge >= 0.3 is 0 Å². The number of rotatable bonds is 7. The highest BCUT2D eigenvalue weighted by Gasteiger charge is 2.16. The van der Waals surface area contributed by atoms with Gasteiger partial charge in [-0.15, -0.1) is 0 Å². The fourth-order valence-electron chi connectivity index (χ4n) is 3.77. The van der Waals surface area contributed by atoms with Gasteiger partial charge in [-0.25, -0.2) is 14.4 Å². The van der Waals surface area contributed by atoms with E-state index in [0.717, 1.165) is 61.4 Å². The van der Waals surface area contributed by atoms with Crippen molar-refractivity contribution < 1.29 is 9.13 Å². The summed E-state index contributed by atoms with van der Waals surface area (Å²) >= 11 is 5.93. The number of nitrogens with zero attached hydrogens (tertiary/aromatic N) is 4. The second-order valence-electron chi connectivity index (χ2n) is 7.78. The summed E-state index contributed by atoms with van der Waals surface area (Å²) in [5, 5.41) is 4.20.